The number of amides is 2. The van der Waals surface area contributed by atoms with Gasteiger partial charge in [-0.1, -0.05) is 0 Å². The number of carbonyl (C=O) groups excluding carboxylic acids is 2. The first kappa shape index (κ1) is 24.6. The van der Waals surface area contributed by atoms with Gasteiger partial charge < -0.3 is 28.7 Å². The van der Waals surface area contributed by atoms with Crippen LogP contribution in [0.15, 0.2) is 0 Å². The van der Waals surface area contributed by atoms with E-state index in [0.717, 1.165) is 0 Å². The van der Waals surface area contributed by atoms with Crippen molar-refractivity contribution in [3.05, 3.63) is 0 Å². The summed E-state index contributed by atoms with van der Waals surface area (Å²) in [7, 11) is 4.46. The summed E-state index contributed by atoms with van der Waals surface area (Å²) in [5, 5.41) is 5.41. The average Bonchev–Trinajstić information content (AvgIpc) is 2.60. The van der Waals surface area contributed by atoms with Crippen LogP contribution in [-0.2, 0) is 27.7 Å². The Labute approximate surface area is 152 Å². The van der Waals surface area contributed by atoms with Crippen LogP contribution in [0.5, 0.6) is 0 Å². The van der Waals surface area contributed by atoms with Crippen molar-refractivity contribution in [1.82, 2.24) is 15.5 Å². The number of hydrogen-bond donors (Lipinski definition) is 2. The zero-order valence-electron chi connectivity index (χ0n) is 15.7. The van der Waals surface area contributed by atoms with Crippen molar-refractivity contribution in [1.29, 1.82) is 0 Å². The Morgan fingerprint density at radius 3 is 1.80 bits per heavy atom. The van der Waals surface area contributed by atoms with Gasteiger partial charge in [0.15, 0.2) is 16.8 Å². The van der Waals surface area contributed by atoms with Crippen LogP contribution >= 0.6 is 16.8 Å². The molecule has 11 heteroatoms. The van der Waals surface area contributed by atoms with Crippen LogP contribution in [0.1, 0.15) is 19.8 Å². The second-order valence-electron chi connectivity index (χ2n) is 5.01. The molecule has 0 rings (SSSR count). The van der Waals surface area contributed by atoms with E-state index >= 15 is 0 Å². The predicted octanol–water partition coefficient (Wildman–Crippen LogP) is 1.45. The van der Waals surface area contributed by atoms with Crippen LogP contribution in [0.2, 0.25) is 0 Å². The van der Waals surface area contributed by atoms with Crippen molar-refractivity contribution >= 4 is 28.6 Å². The van der Waals surface area contributed by atoms with E-state index in [1.54, 1.807) is 28.4 Å². The van der Waals surface area contributed by atoms with Crippen molar-refractivity contribution in [2.24, 2.45) is 0 Å². The van der Waals surface area contributed by atoms with Gasteiger partial charge in [-0.15, -0.1) is 0 Å². The fraction of sp³-hybridized carbons (Fsp3) is 0.857. The highest BCUT2D eigenvalue weighted by atomic mass is 31.2. The Bertz CT molecular complexity index is 356. The maximum atomic E-state index is 11.8. The van der Waals surface area contributed by atoms with Gasteiger partial charge in [-0.25, -0.2) is 0 Å². The predicted molar refractivity (Wildman–Crippen MR) is 99.2 cm³/mol. The smallest absolute Gasteiger partial charge is 0.220 e. The lowest BCUT2D eigenvalue weighted by atomic mass is 10.3. The zero-order chi connectivity index (χ0) is 19.1. The maximum absolute atomic E-state index is 11.8. The summed E-state index contributed by atoms with van der Waals surface area (Å²) in [6, 6.07) is 0. The molecule has 0 fully saturated rings. The Balaban J connectivity index is 4.22. The van der Waals surface area contributed by atoms with Crippen molar-refractivity contribution in [2.75, 3.05) is 60.6 Å². The Morgan fingerprint density at radius 1 is 0.880 bits per heavy atom. The summed E-state index contributed by atoms with van der Waals surface area (Å²) in [5.41, 5.74) is 0. The number of rotatable bonds is 15. The second kappa shape index (κ2) is 15.8. The van der Waals surface area contributed by atoms with Crippen LogP contribution in [-0.4, -0.2) is 77.4 Å². The molecule has 0 aromatic rings. The standard InChI is InChI=1S/C14H31N3O6P2/c1-13(18)15-8-9-16-14(19)7-6-10-17(11-24(20-2)21-3)12-25(22-4)23-5/h6-12H2,1-5H3,(H,15,18)(H,16,19). The highest BCUT2D eigenvalue weighted by Crippen LogP contribution is 2.41. The van der Waals surface area contributed by atoms with E-state index in [4.69, 9.17) is 18.1 Å². The molecule has 0 aromatic heterocycles. The maximum Gasteiger partial charge on any atom is 0.220 e. The van der Waals surface area contributed by atoms with E-state index in [-0.39, 0.29) is 11.8 Å². The number of carbonyl (C=O) groups is 2. The molecule has 0 radical (unpaired) electrons. The first-order valence-electron chi connectivity index (χ1n) is 7.91. The molecule has 9 nitrogen and oxygen atoms in total. The number of nitrogens with zero attached hydrogens (tertiary/aromatic N) is 1. The van der Waals surface area contributed by atoms with Crippen LogP contribution < -0.4 is 10.6 Å². The minimum absolute atomic E-state index is 0.0354. The van der Waals surface area contributed by atoms with Crippen LogP contribution in [0.3, 0.4) is 0 Å². The lowest BCUT2D eigenvalue weighted by Crippen LogP contribution is -2.34. The third kappa shape index (κ3) is 13.5. The zero-order valence-corrected chi connectivity index (χ0v) is 17.5. The highest BCUT2D eigenvalue weighted by molar-refractivity contribution is 7.48. The molecule has 25 heavy (non-hydrogen) atoms. The minimum atomic E-state index is -1.00. The van der Waals surface area contributed by atoms with Gasteiger partial charge in [0.2, 0.25) is 11.8 Å². The van der Waals surface area contributed by atoms with E-state index in [2.05, 4.69) is 15.5 Å². The highest BCUT2D eigenvalue weighted by Gasteiger charge is 2.19. The molecule has 0 unspecified atom stereocenters. The molecule has 0 saturated carbocycles. The molecule has 0 saturated heterocycles. The van der Waals surface area contributed by atoms with Gasteiger partial charge in [0, 0.05) is 54.9 Å². The molecule has 2 amide bonds. The lowest BCUT2D eigenvalue weighted by molar-refractivity contribution is -0.122. The summed E-state index contributed by atoms with van der Waals surface area (Å²) in [6.07, 6.45) is 2.35. The van der Waals surface area contributed by atoms with Crippen molar-refractivity contribution in [2.45, 2.75) is 19.8 Å². The van der Waals surface area contributed by atoms with E-state index < -0.39 is 16.8 Å². The summed E-state index contributed by atoms with van der Waals surface area (Å²) in [6.45, 7) is 3.01. The Morgan fingerprint density at radius 2 is 1.36 bits per heavy atom. The molecule has 2 N–H and O–H groups in total. The third-order valence-corrected chi connectivity index (χ3v) is 6.04. The monoisotopic (exact) mass is 399 g/mol. The molecule has 0 atom stereocenters. The fourth-order valence-electron chi connectivity index (χ4n) is 1.88. The van der Waals surface area contributed by atoms with Crippen LogP contribution in [0, 0.1) is 0 Å². The number of hydrogen-bond acceptors (Lipinski definition) is 7. The molecule has 0 aromatic carbocycles. The van der Waals surface area contributed by atoms with Gasteiger partial charge in [-0.2, -0.15) is 0 Å². The average molecular weight is 399 g/mol. The van der Waals surface area contributed by atoms with Crippen molar-refractivity contribution < 1.29 is 27.7 Å². The summed E-state index contributed by atoms with van der Waals surface area (Å²) in [5.74, 6) is -0.141. The van der Waals surface area contributed by atoms with E-state index in [1.807, 2.05) is 0 Å². The fourth-order valence-corrected chi connectivity index (χ4v) is 3.94. The molecule has 0 aliphatic rings. The van der Waals surface area contributed by atoms with Gasteiger partial charge in [-0.05, 0) is 13.0 Å². The van der Waals surface area contributed by atoms with Gasteiger partial charge in [0.1, 0.15) is 0 Å². The summed E-state index contributed by atoms with van der Waals surface area (Å²) < 4.78 is 21.2. The van der Waals surface area contributed by atoms with E-state index in [0.29, 0.717) is 45.0 Å². The van der Waals surface area contributed by atoms with E-state index in [1.165, 1.54) is 6.92 Å². The largest absolute Gasteiger partial charge is 0.355 e. The van der Waals surface area contributed by atoms with Crippen LogP contribution in [0.25, 0.3) is 0 Å². The van der Waals surface area contributed by atoms with Gasteiger partial charge in [0.25, 0.3) is 0 Å². The minimum Gasteiger partial charge on any atom is -0.355 e. The summed E-state index contributed by atoms with van der Waals surface area (Å²) >= 11 is 0. The molecule has 0 heterocycles. The third-order valence-electron chi connectivity index (χ3n) is 3.14. The summed E-state index contributed by atoms with van der Waals surface area (Å²) in [4.78, 5) is 24.7. The van der Waals surface area contributed by atoms with Gasteiger partial charge in [-0.3, -0.25) is 14.5 Å². The van der Waals surface area contributed by atoms with Crippen molar-refractivity contribution in [3.8, 4) is 0 Å². The quantitative estimate of drug-likeness (QED) is 0.318. The first-order valence-corrected chi connectivity index (χ1v) is 10.6. The second-order valence-corrected chi connectivity index (χ2v) is 8.37. The molecule has 148 valence electrons. The van der Waals surface area contributed by atoms with Crippen LogP contribution in [0.4, 0.5) is 0 Å². The van der Waals surface area contributed by atoms with Crippen molar-refractivity contribution in [3.63, 3.8) is 0 Å². The molecular weight excluding hydrogens is 368 g/mol. The Hall–Kier alpha value is -0.400. The SMILES string of the molecule is COP(CN(CCCC(=O)NCCNC(C)=O)CP(OC)OC)OC. The molecule has 0 spiro atoms. The van der Waals surface area contributed by atoms with Gasteiger partial charge in [0.05, 0.1) is 12.6 Å². The topological polar surface area (TPSA) is 98.4 Å². The lowest BCUT2D eigenvalue weighted by Gasteiger charge is -2.27. The van der Waals surface area contributed by atoms with E-state index in [9.17, 15) is 9.59 Å². The molecule has 0 aliphatic carbocycles. The molecule has 0 aliphatic heterocycles. The molecular formula is C14H31N3O6P2. The normalized spacial score (nSPS) is 11.4. The molecule has 0 bridgehead atoms. The van der Waals surface area contributed by atoms with Gasteiger partial charge >= 0.3 is 0 Å². The Kier molecular flexibility index (Phi) is 15.6. The number of nitrogens with one attached hydrogen (secondary N) is 2. The first-order chi connectivity index (χ1) is 12.0.